The minimum atomic E-state index is 0.456. The zero-order valence-corrected chi connectivity index (χ0v) is 8.58. The molecule has 0 aliphatic heterocycles. The summed E-state index contributed by atoms with van der Waals surface area (Å²) < 4.78 is 2.83. The lowest BCUT2D eigenvalue weighted by Crippen LogP contribution is -1.85. The van der Waals surface area contributed by atoms with E-state index >= 15 is 0 Å². The molecule has 2 aromatic heterocycles. The molecule has 13 heavy (non-hydrogen) atoms. The summed E-state index contributed by atoms with van der Waals surface area (Å²) in [6.07, 6.45) is 4.34. The van der Waals surface area contributed by atoms with Crippen LogP contribution >= 0.6 is 15.9 Å². The van der Waals surface area contributed by atoms with Crippen molar-refractivity contribution in [3.05, 3.63) is 34.2 Å². The Bertz CT molecular complexity index is 437. The average Bonchev–Trinajstić information content (AvgIpc) is 2.48. The van der Waals surface area contributed by atoms with Crippen molar-refractivity contribution in [3.8, 4) is 0 Å². The quantitative estimate of drug-likeness (QED) is 0.715. The molecule has 66 valence electrons. The van der Waals surface area contributed by atoms with E-state index in [0.29, 0.717) is 5.69 Å². The minimum Gasteiger partial charge on any atom is -0.305 e. The normalized spacial score (nSPS) is 10.6. The van der Waals surface area contributed by atoms with Gasteiger partial charge in [-0.1, -0.05) is 0 Å². The lowest BCUT2D eigenvalue weighted by molar-refractivity contribution is 0.111. The van der Waals surface area contributed by atoms with Gasteiger partial charge in [-0.05, 0) is 34.5 Å². The summed E-state index contributed by atoms with van der Waals surface area (Å²) in [5.41, 5.74) is 2.36. The van der Waals surface area contributed by atoms with Gasteiger partial charge in [0, 0.05) is 16.9 Å². The molecule has 0 aliphatic rings. The van der Waals surface area contributed by atoms with Crippen molar-refractivity contribution in [2.75, 3.05) is 0 Å². The van der Waals surface area contributed by atoms with Gasteiger partial charge in [0.1, 0.15) is 11.3 Å². The maximum absolute atomic E-state index is 10.5. The van der Waals surface area contributed by atoms with Gasteiger partial charge in [-0.25, -0.2) is 4.98 Å². The molecule has 0 spiro atoms. The Morgan fingerprint density at radius 1 is 1.54 bits per heavy atom. The maximum Gasteiger partial charge on any atom is 0.170 e. The summed E-state index contributed by atoms with van der Waals surface area (Å²) in [4.78, 5) is 14.6. The number of carbonyl (C=O) groups excluding carboxylic acids is 1. The number of hydrogen-bond acceptors (Lipinski definition) is 2. The molecule has 0 radical (unpaired) electrons. The molecule has 0 N–H and O–H groups in total. The third-order valence-electron chi connectivity index (χ3n) is 1.88. The molecule has 0 aliphatic carbocycles. The molecule has 0 saturated heterocycles. The third kappa shape index (κ3) is 1.37. The van der Waals surface area contributed by atoms with Crippen LogP contribution in [-0.4, -0.2) is 15.7 Å². The fourth-order valence-corrected chi connectivity index (χ4v) is 1.52. The first-order valence-corrected chi connectivity index (χ1v) is 4.60. The van der Waals surface area contributed by atoms with E-state index in [0.717, 1.165) is 22.0 Å². The number of rotatable bonds is 1. The number of pyridine rings is 1. The Labute approximate surface area is 83.5 Å². The van der Waals surface area contributed by atoms with Crippen molar-refractivity contribution < 1.29 is 4.79 Å². The molecular weight excluding hydrogens is 232 g/mol. The second-order valence-electron chi connectivity index (χ2n) is 2.85. The van der Waals surface area contributed by atoms with E-state index in [1.165, 1.54) is 0 Å². The standard InChI is InChI=1S/C9H7BrN2O/c1-6-2-9-11-7(5-13)3-12(9)4-8(6)10/h2-5H,1H3. The van der Waals surface area contributed by atoms with E-state index in [2.05, 4.69) is 20.9 Å². The number of imidazole rings is 1. The van der Waals surface area contributed by atoms with E-state index in [4.69, 9.17) is 0 Å². The van der Waals surface area contributed by atoms with E-state index in [9.17, 15) is 4.79 Å². The van der Waals surface area contributed by atoms with Gasteiger partial charge in [-0.2, -0.15) is 0 Å². The van der Waals surface area contributed by atoms with Crippen LogP contribution in [0.4, 0.5) is 0 Å². The number of halogens is 1. The zero-order valence-electron chi connectivity index (χ0n) is 6.99. The Hall–Kier alpha value is -1.16. The van der Waals surface area contributed by atoms with E-state index < -0.39 is 0 Å². The van der Waals surface area contributed by atoms with Crippen LogP contribution in [0.2, 0.25) is 0 Å². The monoisotopic (exact) mass is 238 g/mol. The molecule has 2 aromatic rings. The molecule has 0 saturated carbocycles. The van der Waals surface area contributed by atoms with Crippen molar-refractivity contribution in [2.24, 2.45) is 0 Å². The van der Waals surface area contributed by atoms with Gasteiger partial charge < -0.3 is 4.40 Å². The van der Waals surface area contributed by atoms with Gasteiger partial charge in [0.15, 0.2) is 6.29 Å². The summed E-state index contributed by atoms with van der Waals surface area (Å²) in [5, 5.41) is 0. The van der Waals surface area contributed by atoms with E-state index in [-0.39, 0.29) is 0 Å². The van der Waals surface area contributed by atoms with E-state index in [1.807, 2.05) is 23.6 Å². The number of aldehydes is 1. The van der Waals surface area contributed by atoms with Gasteiger partial charge in [-0.15, -0.1) is 0 Å². The molecular formula is C9H7BrN2O. The third-order valence-corrected chi connectivity index (χ3v) is 2.71. The van der Waals surface area contributed by atoms with Crippen LogP contribution in [0.25, 0.3) is 5.65 Å². The first-order chi connectivity index (χ1) is 6.20. The number of hydrogen-bond donors (Lipinski definition) is 0. The van der Waals surface area contributed by atoms with Gasteiger partial charge in [-0.3, -0.25) is 4.79 Å². The Morgan fingerprint density at radius 3 is 3.00 bits per heavy atom. The molecule has 2 heterocycles. The molecule has 0 fully saturated rings. The second-order valence-corrected chi connectivity index (χ2v) is 3.71. The van der Waals surface area contributed by atoms with Gasteiger partial charge in [0.25, 0.3) is 0 Å². The summed E-state index contributed by atoms with van der Waals surface area (Å²) in [5.74, 6) is 0. The molecule has 0 bridgehead atoms. The first kappa shape index (κ1) is 8.44. The summed E-state index contributed by atoms with van der Waals surface area (Å²) in [6.45, 7) is 1.99. The zero-order chi connectivity index (χ0) is 9.42. The van der Waals surface area contributed by atoms with Crippen LogP contribution < -0.4 is 0 Å². The van der Waals surface area contributed by atoms with Crippen molar-refractivity contribution in [1.82, 2.24) is 9.38 Å². The minimum absolute atomic E-state index is 0.456. The summed E-state index contributed by atoms with van der Waals surface area (Å²) in [7, 11) is 0. The molecule has 0 atom stereocenters. The Morgan fingerprint density at radius 2 is 2.31 bits per heavy atom. The van der Waals surface area contributed by atoms with Crippen molar-refractivity contribution in [2.45, 2.75) is 6.92 Å². The molecule has 0 unspecified atom stereocenters. The summed E-state index contributed by atoms with van der Waals surface area (Å²) >= 11 is 3.41. The van der Waals surface area contributed by atoms with Gasteiger partial charge in [0.05, 0.1) is 0 Å². The second kappa shape index (κ2) is 2.96. The predicted octanol–water partition coefficient (Wildman–Crippen LogP) is 2.22. The summed E-state index contributed by atoms with van der Waals surface area (Å²) in [6, 6.07) is 1.93. The van der Waals surface area contributed by atoms with Gasteiger partial charge in [0.2, 0.25) is 0 Å². The molecule has 4 heteroatoms. The highest BCUT2D eigenvalue weighted by Gasteiger charge is 2.02. The fourth-order valence-electron chi connectivity index (χ4n) is 1.18. The van der Waals surface area contributed by atoms with Crippen LogP contribution in [0.5, 0.6) is 0 Å². The lowest BCUT2D eigenvalue weighted by atomic mass is 10.3. The van der Waals surface area contributed by atoms with Crippen LogP contribution in [0.3, 0.4) is 0 Å². The number of carbonyl (C=O) groups is 1. The first-order valence-electron chi connectivity index (χ1n) is 3.81. The smallest absolute Gasteiger partial charge is 0.170 e. The van der Waals surface area contributed by atoms with Crippen LogP contribution in [0, 0.1) is 6.92 Å². The molecule has 3 nitrogen and oxygen atoms in total. The molecule has 0 aromatic carbocycles. The number of fused-ring (bicyclic) bond motifs is 1. The average molecular weight is 239 g/mol. The number of aromatic nitrogens is 2. The largest absolute Gasteiger partial charge is 0.305 e. The SMILES string of the molecule is Cc1cc2nc(C=O)cn2cc1Br. The highest BCUT2D eigenvalue weighted by atomic mass is 79.9. The van der Waals surface area contributed by atoms with Gasteiger partial charge >= 0.3 is 0 Å². The fraction of sp³-hybridized carbons (Fsp3) is 0.111. The highest BCUT2D eigenvalue weighted by Crippen LogP contribution is 2.17. The number of aryl methyl sites for hydroxylation is 1. The van der Waals surface area contributed by atoms with E-state index in [1.54, 1.807) is 6.20 Å². The molecule has 0 amide bonds. The Balaban J connectivity index is 2.77. The predicted molar refractivity (Wildman–Crippen MR) is 53.0 cm³/mol. The molecule has 2 rings (SSSR count). The van der Waals surface area contributed by atoms with Crippen LogP contribution in [0.15, 0.2) is 22.9 Å². The maximum atomic E-state index is 10.5. The van der Waals surface area contributed by atoms with Crippen LogP contribution in [-0.2, 0) is 0 Å². The van der Waals surface area contributed by atoms with Crippen molar-refractivity contribution >= 4 is 27.9 Å². The Kier molecular flexibility index (Phi) is 1.92. The van der Waals surface area contributed by atoms with Crippen molar-refractivity contribution in [1.29, 1.82) is 0 Å². The van der Waals surface area contributed by atoms with Crippen LogP contribution in [0.1, 0.15) is 16.1 Å². The highest BCUT2D eigenvalue weighted by molar-refractivity contribution is 9.10. The van der Waals surface area contributed by atoms with Crippen molar-refractivity contribution in [3.63, 3.8) is 0 Å². The number of nitrogens with zero attached hydrogens (tertiary/aromatic N) is 2. The lowest BCUT2D eigenvalue weighted by Gasteiger charge is -1.98. The topological polar surface area (TPSA) is 34.4 Å².